The van der Waals surface area contributed by atoms with Crippen LogP contribution >= 0.6 is 0 Å². The van der Waals surface area contributed by atoms with Crippen LogP contribution < -0.4 is 5.73 Å². The summed E-state index contributed by atoms with van der Waals surface area (Å²) in [5.41, 5.74) is 5.06. The Kier molecular flexibility index (Phi) is 3.54. The molecule has 0 amide bonds. The number of nitrogens with two attached hydrogens (primary N) is 1. The maximum Gasteiger partial charge on any atom is 0.0923 e. The molecule has 2 aliphatic rings. The summed E-state index contributed by atoms with van der Waals surface area (Å²) in [4.78, 5) is 2.32. The van der Waals surface area contributed by atoms with Gasteiger partial charge < -0.3 is 15.6 Å². The Morgan fingerprint density at radius 2 is 2.12 bits per heavy atom. The lowest BCUT2D eigenvalue weighted by atomic mass is 9.96. The van der Waals surface area contributed by atoms with Crippen molar-refractivity contribution in [2.75, 3.05) is 26.2 Å². The third kappa shape index (κ3) is 2.56. The molecular weight excluding hydrogens is 204 g/mol. The number of rotatable bonds is 4. The first-order valence-electron chi connectivity index (χ1n) is 6.33. The molecule has 0 aromatic rings. The minimum Gasteiger partial charge on any atom is -0.387 e. The average molecular weight is 228 g/mol. The first kappa shape index (κ1) is 12.3. The third-order valence-corrected chi connectivity index (χ3v) is 3.90. The lowest BCUT2D eigenvalue weighted by Gasteiger charge is -2.41. The molecule has 1 saturated heterocycles. The fraction of sp³-hybridized carbons (Fsp3) is 1.00. The predicted molar refractivity (Wildman–Crippen MR) is 63.2 cm³/mol. The van der Waals surface area contributed by atoms with E-state index in [-0.39, 0.29) is 6.10 Å². The Balaban J connectivity index is 1.95. The molecule has 2 rings (SSSR count). The number of nitrogens with zero attached hydrogens (tertiary/aromatic N) is 1. The predicted octanol–water partition coefficient (Wildman–Crippen LogP) is 0.195. The smallest absolute Gasteiger partial charge is 0.0923 e. The molecule has 0 bridgehead atoms. The molecule has 94 valence electrons. The van der Waals surface area contributed by atoms with Crippen LogP contribution in [0.15, 0.2) is 0 Å². The zero-order chi connectivity index (χ0) is 11.8. The normalized spacial score (nSPS) is 36.0. The van der Waals surface area contributed by atoms with Crippen molar-refractivity contribution in [1.82, 2.24) is 4.90 Å². The monoisotopic (exact) mass is 228 g/mol. The van der Waals surface area contributed by atoms with E-state index in [2.05, 4.69) is 18.7 Å². The zero-order valence-corrected chi connectivity index (χ0v) is 10.4. The van der Waals surface area contributed by atoms with E-state index in [9.17, 15) is 5.11 Å². The van der Waals surface area contributed by atoms with Crippen molar-refractivity contribution in [3.8, 4) is 0 Å². The van der Waals surface area contributed by atoms with E-state index in [1.165, 1.54) is 0 Å². The van der Waals surface area contributed by atoms with E-state index in [1.54, 1.807) is 0 Å². The highest BCUT2D eigenvalue weighted by atomic mass is 16.5. The molecule has 4 heteroatoms. The van der Waals surface area contributed by atoms with Crippen molar-refractivity contribution in [2.45, 2.75) is 44.4 Å². The van der Waals surface area contributed by atoms with Gasteiger partial charge in [0.25, 0.3) is 0 Å². The summed E-state index contributed by atoms with van der Waals surface area (Å²) < 4.78 is 5.59. The van der Waals surface area contributed by atoms with Gasteiger partial charge in [0.1, 0.15) is 0 Å². The second-order valence-corrected chi connectivity index (χ2v) is 5.50. The van der Waals surface area contributed by atoms with Gasteiger partial charge in [0.15, 0.2) is 0 Å². The zero-order valence-electron chi connectivity index (χ0n) is 10.4. The van der Waals surface area contributed by atoms with Crippen LogP contribution in [0.4, 0.5) is 0 Å². The van der Waals surface area contributed by atoms with Crippen molar-refractivity contribution >= 4 is 0 Å². The van der Waals surface area contributed by atoms with Gasteiger partial charge in [-0.15, -0.1) is 0 Å². The van der Waals surface area contributed by atoms with Crippen molar-refractivity contribution in [1.29, 1.82) is 0 Å². The molecule has 1 heterocycles. The number of hydrogen-bond acceptors (Lipinski definition) is 4. The Morgan fingerprint density at radius 1 is 1.44 bits per heavy atom. The lowest BCUT2D eigenvalue weighted by Crippen LogP contribution is -2.56. The molecule has 0 radical (unpaired) electrons. The Bertz CT molecular complexity index is 245. The van der Waals surface area contributed by atoms with Crippen molar-refractivity contribution < 1.29 is 9.84 Å². The summed E-state index contributed by atoms with van der Waals surface area (Å²) in [6, 6.07) is 0.382. The summed E-state index contributed by atoms with van der Waals surface area (Å²) in [7, 11) is 0. The Morgan fingerprint density at radius 3 is 2.69 bits per heavy atom. The van der Waals surface area contributed by atoms with Crippen molar-refractivity contribution in [2.24, 2.45) is 11.7 Å². The van der Waals surface area contributed by atoms with Gasteiger partial charge in [-0.05, 0) is 32.6 Å². The van der Waals surface area contributed by atoms with Crippen molar-refractivity contribution in [3.63, 3.8) is 0 Å². The van der Waals surface area contributed by atoms with Gasteiger partial charge in [0.05, 0.1) is 18.3 Å². The van der Waals surface area contributed by atoms with Crippen LogP contribution in [0.1, 0.15) is 26.7 Å². The second-order valence-electron chi connectivity index (χ2n) is 5.50. The minimum absolute atomic E-state index is 0.262. The van der Waals surface area contributed by atoms with E-state index in [0.717, 1.165) is 26.0 Å². The second kappa shape index (κ2) is 4.61. The van der Waals surface area contributed by atoms with E-state index >= 15 is 0 Å². The summed E-state index contributed by atoms with van der Waals surface area (Å²) >= 11 is 0. The molecule has 0 spiro atoms. The van der Waals surface area contributed by atoms with Crippen LogP contribution in [-0.2, 0) is 4.74 Å². The quantitative estimate of drug-likeness (QED) is 0.721. The molecular formula is C12H24N2O2. The molecule has 0 aromatic carbocycles. The van der Waals surface area contributed by atoms with Gasteiger partial charge in [0.2, 0.25) is 0 Å². The fourth-order valence-corrected chi connectivity index (χ4v) is 2.52. The Hall–Kier alpha value is -0.160. The lowest BCUT2D eigenvalue weighted by molar-refractivity contribution is -0.0869. The summed E-state index contributed by atoms with van der Waals surface area (Å²) in [5, 5.41) is 10.5. The average Bonchev–Trinajstić information content (AvgIpc) is 3.07. The van der Waals surface area contributed by atoms with Crippen LogP contribution in [0.3, 0.4) is 0 Å². The van der Waals surface area contributed by atoms with Gasteiger partial charge >= 0.3 is 0 Å². The minimum atomic E-state index is -0.675. The SMILES string of the molecule is CC1CN(CC(O)(CN)C2CC2)C(C)CO1. The van der Waals surface area contributed by atoms with E-state index < -0.39 is 5.60 Å². The molecule has 3 N–H and O–H groups in total. The molecule has 1 saturated carbocycles. The molecule has 4 nitrogen and oxygen atoms in total. The highest BCUT2D eigenvalue weighted by molar-refractivity contribution is 4.98. The van der Waals surface area contributed by atoms with Crippen LogP contribution in [-0.4, -0.2) is 54.0 Å². The molecule has 16 heavy (non-hydrogen) atoms. The number of β-amino-alcohol motifs (C(OH)–C–C–N with tert-alkyl or cyclic N) is 1. The molecule has 3 atom stereocenters. The number of ether oxygens (including phenoxy) is 1. The standard InChI is InChI=1S/C12H24N2O2/c1-9-6-16-10(2)5-14(9)8-12(15,7-13)11-3-4-11/h9-11,15H,3-8,13H2,1-2H3. The first-order chi connectivity index (χ1) is 7.55. The number of morpholine rings is 1. The number of aliphatic hydroxyl groups is 1. The highest BCUT2D eigenvalue weighted by Crippen LogP contribution is 2.40. The topological polar surface area (TPSA) is 58.7 Å². The third-order valence-electron chi connectivity index (χ3n) is 3.90. The Labute approximate surface area is 97.7 Å². The largest absolute Gasteiger partial charge is 0.387 e. The summed E-state index contributed by atoms with van der Waals surface area (Å²) in [6.07, 6.45) is 2.52. The van der Waals surface area contributed by atoms with Crippen molar-refractivity contribution in [3.05, 3.63) is 0 Å². The molecule has 3 unspecified atom stereocenters. The van der Waals surface area contributed by atoms with Crippen LogP contribution in [0.25, 0.3) is 0 Å². The van der Waals surface area contributed by atoms with E-state index in [0.29, 0.717) is 25.0 Å². The van der Waals surface area contributed by atoms with Crippen LogP contribution in [0.5, 0.6) is 0 Å². The van der Waals surface area contributed by atoms with Gasteiger partial charge in [-0.25, -0.2) is 0 Å². The van der Waals surface area contributed by atoms with Gasteiger partial charge in [0, 0.05) is 25.7 Å². The maximum absolute atomic E-state index is 10.5. The first-order valence-corrected chi connectivity index (χ1v) is 6.33. The molecule has 1 aliphatic carbocycles. The fourth-order valence-electron chi connectivity index (χ4n) is 2.52. The van der Waals surface area contributed by atoms with Gasteiger partial charge in [-0.1, -0.05) is 0 Å². The van der Waals surface area contributed by atoms with Gasteiger partial charge in [-0.2, -0.15) is 0 Å². The molecule has 2 fully saturated rings. The number of hydrogen-bond donors (Lipinski definition) is 2. The molecule has 1 aliphatic heterocycles. The maximum atomic E-state index is 10.5. The van der Waals surface area contributed by atoms with Crippen LogP contribution in [0, 0.1) is 5.92 Å². The van der Waals surface area contributed by atoms with E-state index in [4.69, 9.17) is 10.5 Å². The van der Waals surface area contributed by atoms with E-state index in [1.807, 2.05) is 0 Å². The summed E-state index contributed by atoms with van der Waals surface area (Å²) in [5.74, 6) is 0.419. The highest BCUT2D eigenvalue weighted by Gasteiger charge is 2.44. The van der Waals surface area contributed by atoms with Gasteiger partial charge in [-0.3, -0.25) is 4.90 Å². The molecule has 0 aromatic heterocycles. The summed E-state index contributed by atoms with van der Waals surface area (Å²) in [6.45, 7) is 6.95. The van der Waals surface area contributed by atoms with Crippen LogP contribution in [0.2, 0.25) is 0 Å².